The summed E-state index contributed by atoms with van der Waals surface area (Å²) in [7, 11) is 3.74. The average Bonchev–Trinajstić information content (AvgIpc) is 3.45. The zero-order valence-electron chi connectivity index (χ0n) is 32.9. The fraction of sp³-hybridized carbons (Fsp3) is 0.634. The molecule has 3 aliphatic rings. The second-order valence-corrected chi connectivity index (χ2v) is 15.7. The number of hydrogen-bond acceptors (Lipinski definition) is 12. The summed E-state index contributed by atoms with van der Waals surface area (Å²) in [5, 5.41) is 15.2. The van der Waals surface area contributed by atoms with Gasteiger partial charge in [-0.1, -0.05) is 65.0 Å². The number of aliphatic hydroxyl groups excluding tert-OH is 1. The Morgan fingerprint density at radius 3 is 2.46 bits per heavy atom. The highest BCUT2D eigenvalue weighted by Gasteiger charge is 2.56. The number of alkyl carbamates (subject to hydrolysis) is 1. The number of benzene rings is 1. The van der Waals surface area contributed by atoms with Gasteiger partial charge in [0.05, 0.1) is 36.5 Å². The van der Waals surface area contributed by atoms with Crippen LogP contribution in [0, 0.1) is 23.7 Å². The van der Waals surface area contributed by atoms with Gasteiger partial charge in [0, 0.05) is 41.3 Å². The second kappa shape index (κ2) is 17.4. The van der Waals surface area contributed by atoms with Gasteiger partial charge < -0.3 is 39.0 Å². The molecule has 1 amide bonds. The summed E-state index contributed by atoms with van der Waals surface area (Å²) < 4.78 is 30.9. The van der Waals surface area contributed by atoms with Crippen molar-refractivity contribution in [2.45, 2.75) is 122 Å². The third-order valence-corrected chi connectivity index (χ3v) is 11.6. The number of hydrogen-bond donors (Lipinski definition) is 2. The molecule has 0 radical (unpaired) electrons. The van der Waals surface area contributed by atoms with Crippen LogP contribution >= 0.6 is 0 Å². The van der Waals surface area contributed by atoms with Crippen molar-refractivity contribution in [1.29, 1.82) is 0 Å². The molecule has 296 valence electrons. The third-order valence-electron chi connectivity index (χ3n) is 11.6. The molecule has 0 spiro atoms. The molecule has 13 atom stereocenters. The lowest BCUT2D eigenvalue weighted by molar-refractivity contribution is -0.281. The van der Waals surface area contributed by atoms with E-state index >= 15 is 0 Å². The molecule has 3 saturated heterocycles. The Balaban J connectivity index is 1.52. The van der Waals surface area contributed by atoms with E-state index in [-0.39, 0.29) is 31.0 Å². The van der Waals surface area contributed by atoms with Crippen LogP contribution in [0.4, 0.5) is 4.79 Å². The average molecular weight is 752 g/mol. The highest BCUT2D eigenvalue weighted by Crippen LogP contribution is 2.38. The first-order valence-corrected chi connectivity index (χ1v) is 19.1. The molecule has 54 heavy (non-hydrogen) atoms. The van der Waals surface area contributed by atoms with Crippen molar-refractivity contribution in [3.8, 4) is 0 Å². The molecule has 5 rings (SSSR count). The van der Waals surface area contributed by atoms with Crippen LogP contribution in [0.1, 0.15) is 73.3 Å². The van der Waals surface area contributed by atoms with Gasteiger partial charge in [0.25, 0.3) is 0 Å². The molecular formula is C41H57N3O10. The van der Waals surface area contributed by atoms with Gasteiger partial charge in [0.1, 0.15) is 30.2 Å². The Morgan fingerprint density at radius 1 is 1.04 bits per heavy atom. The monoisotopic (exact) mass is 751 g/mol. The standard InChI is InChI=1S/C41H57N3O10/c1-10-32-41(7)38(43-40(49)54-41)25(5)34(47)24(4)36(50-17-13-14-27-19-28-15-11-12-16-29(28)42-21-27)26(6)37(23(3)31(45)20-33(46)52-32)53-39-35(48)30(44(8)9)18-22(2)51-39/h11-16,19,21-26,30,32,35-39,48H,10,17-18,20H2,1-9H3,(H,43,49)/b14-13+/t22-,23+,24+,25+,26+,30+,32-,35-,36+,37-,38?,39+,41-/m1/s1. The number of para-hydroxylation sites is 1. The normalized spacial score (nSPS) is 37.2. The third kappa shape index (κ3) is 8.86. The van der Waals surface area contributed by atoms with Crippen LogP contribution < -0.4 is 5.32 Å². The van der Waals surface area contributed by atoms with Gasteiger partial charge in [-0.2, -0.15) is 0 Å². The summed E-state index contributed by atoms with van der Waals surface area (Å²) in [4.78, 5) is 61.1. The van der Waals surface area contributed by atoms with Crippen LogP contribution in [-0.2, 0) is 38.1 Å². The number of Topliss-reactive ketones (excluding diaryl/α,β-unsaturated/α-hetero) is 2. The Kier molecular flexibility index (Phi) is 13.3. The molecule has 0 aliphatic carbocycles. The number of nitrogens with zero attached hydrogens (tertiary/aromatic N) is 2. The Morgan fingerprint density at radius 2 is 1.76 bits per heavy atom. The Hall–Kier alpha value is -3.75. The maximum atomic E-state index is 14.6. The van der Waals surface area contributed by atoms with Gasteiger partial charge in [0.15, 0.2) is 11.9 Å². The van der Waals surface area contributed by atoms with E-state index in [1.165, 1.54) is 0 Å². The van der Waals surface area contributed by atoms with E-state index in [0.29, 0.717) is 6.42 Å². The van der Waals surface area contributed by atoms with E-state index in [1.54, 1.807) is 40.8 Å². The maximum Gasteiger partial charge on any atom is 0.408 e. The molecule has 4 heterocycles. The minimum atomic E-state index is -1.38. The lowest BCUT2D eigenvalue weighted by Crippen LogP contribution is -2.58. The predicted molar refractivity (Wildman–Crippen MR) is 201 cm³/mol. The number of aromatic nitrogens is 1. The Labute approximate surface area is 318 Å². The summed E-state index contributed by atoms with van der Waals surface area (Å²) in [6.45, 7) is 12.4. The van der Waals surface area contributed by atoms with Gasteiger partial charge in [-0.3, -0.25) is 19.4 Å². The first kappa shape index (κ1) is 41.4. The van der Waals surface area contributed by atoms with Crippen molar-refractivity contribution < 1.29 is 48.0 Å². The van der Waals surface area contributed by atoms with Crippen molar-refractivity contribution >= 4 is 40.6 Å². The number of ketones is 2. The number of aliphatic hydroxyl groups is 1. The molecule has 1 aromatic carbocycles. The fourth-order valence-corrected chi connectivity index (χ4v) is 8.46. The largest absolute Gasteiger partial charge is 0.458 e. The van der Waals surface area contributed by atoms with Crippen molar-refractivity contribution in [2.24, 2.45) is 23.7 Å². The van der Waals surface area contributed by atoms with E-state index in [9.17, 15) is 24.3 Å². The number of amides is 1. The smallest absolute Gasteiger partial charge is 0.408 e. The number of esters is 1. The fourth-order valence-electron chi connectivity index (χ4n) is 8.46. The SMILES string of the molecule is CC[C@H]1OC(=O)CC(=O)[C@H](C)[C@@H](O[C@@H]2O[C@H](C)C[C@H](N(C)C)[C@H]2O)[C@@H](C)[C@@H](OC/C=C/c2cnc3ccccc3c2)[C@@H](C)C(=O)[C@H](C)C2NC(=O)O[C@@]21C. The van der Waals surface area contributed by atoms with Gasteiger partial charge in [0.2, 0.25) is 0 Å². The van der Waals surface area contributed by atoms with E-state index in [0.717, 1.165) is 16.5 Å². The lowest BCUT2D eigenvalue weighted by atomic mass is 9.74. The molecule has 0 bridgehead atoms. The molecule has 13 heteroatoms. The van der Waals surface area contributed by atoms with E-state index in [2.05, 4.69) is 10.3 Å². The molecule has 3 fully saturated rings. The van der Waals surface area contributed by atoms with Crippen LogP contribution in [0.2, 0.25) is 0 Å². The van der Waals surface area contributed by atoms with Gasteiger partial charge in [-0.05, 0) is 58.5 Å². The molecule has 0 saturated carbocycles. The van der Waals surface area contributed by atoms with Crippen LogP contribution in [-0.4, -0.2) is 114 Å². The van der Waals surface area contributed by atoms with Crippen molar-refractivity contribution in [1.82, 2.24) is 15.2 Å². The second-order valence-electron chi connectivity index (χ2n) is 15.7. The van der Waals surface area contributed by atoms with E-state index < -0.39 is 90.3 Å². The first-order chi connectivity index (χ1) is 25.5. The van der Waals surface area contributed by atoms with Crippen LogP contribution in [0.15, 0.2) is 42.6 Å². The summed E-state index contributed by atoms with van der Waals surface area (Å²) in [5.74, 6) is -4.55. The van der Waals surface area contributed by atoms with E-state index in [4.69, 9.17) is 23.7 Å². The summed E-state index contributed by atoms with van der Waals surface area (Å²) in [5.41, 5.74) is 0.372. The molecular weight excluding hydrogens is 694 g/mol. The molecule has 1 aromatic heterocycles. The summed E-state index contributed by atoms with van der Waals surface area (Å²) in [6, 6.07) is 8.73. The lowest BCUT2D eigenvalue weighted by Gasteiger charge is -2.45. The Bertz CT molecular complexity index is 1700. The van der Waals surface area contributed by atoms with Crippen LogP contribution in [0.25, 0.3) is 17.0 Å². The number of fused-ring (bicyclic) bond motifs is 2. The number of likely N-dealkylation sites (N-methyl/N-ethyl adjacent to an activating group) is 1. The van der Waals surface area contributed by atoms with Gasteiger partial charge >= 0.3 is 12.1 Å². The molecule has 2 aromatic rings. The number of ether oxygens (including phenoxy) is 5. The van der Waals surface area contributed by atoms with Crippen molar-refractivity contribution in [3.63, 3.8) is 0 Å². The quantitative estimate of drug-likeness (QED) is 0.283. The molecule has 13 nitrogen and oxygen atoms in total. The van der Waals surface area contributed by atoms with Crippen LogP contribution in [0.3, 0.4) is 0 Å². The van der Waals surface area contributed by atoms with Crippen molar-refractivity contribution in [2.75, 3.05) is 20.7 Å². The number of pyridine rings is 1. The van der Waals surface area contributed by atoms with Crippen molar-refractivity contribution in [3.05, 3.63) is 48.2 Å². The zero-order valence-corrected chi connectivity index (χ0v) is 32.9. The molecule has 3 aliphatic heterocycles. The minimum absolute atomic E-state index is 0.108. The van der Waals surface area contributed by atoms with Gasteiger partial charge in [-0.25, -0.2) is 4.79 Å². The summed E-state index contributed by atoms with van der Waals surface area (Å²) in [6.07, 6.45) is -0.0444. The first-order valence-electron chi connectivity index (χ1n) is 19.1. The number of nitrogens with one attached hydrogen (secondary N) is 1. The number of carbonyl (C=O) groups is 4. The number of carbonyl (C=O) groups excluding carboxylic acids is 4. The van der Waals surface area contributed by atoms with E-state index in [1.807, 2.05) is 75.3 Å². The highest BCUT2D eigenvalue weighted by molar-refractivity contribution is 5.97. The van der Waals surface area contributed by atoms with Gasteiger partial charge in [-0.15, -0.1) is 0 Å². The summed E-state index contributed by atoms with van der Waals surface area (Å²) >= 11 is 0. The molecule has 1 unspecified atom stereocenters. The van der Waals surface area contributed by atoms with Crippen LogP contribution in [0.5, 0.6) is 0 Å². The highest BCUT2D eigenvalue weighted by atomic mass is 16.7. The topological polar surface area (TPSA) is 163 Å². The minimum Gasteiger partial charge on any atom is -0.458 e. The zero-order chi connectivity index (χ0) is 39.5. The number of cyclic esters (lactones) is 1. The maximum absolute atomic E-state index is 14.6. The number of rotatable bonds is 8. The predicted octanol–water partition coefficient (Wildman–Crippen LogP) is 4.72. The molecule has 2 N–H and O–H groups in total.